The SMILES string of the molecule is CCC[C@H]1OC(=O)[C@H](C)[C@@H](OC[C@H]2C[C@@](C)(OC)[C@@H](O)[C@H](C)O2)[C@H](C)[C@@H](O[C@@H]2O[C@H](C)C[C@H](N(C)CCCc3cn(C(c4ccc([N+](=O)[O-])cc4)C(CO)NC(=O)C(Cl)Cl)nn3)[C@H]2O)[C@](C)(O)C[C@@H](C)C(=O)[C@H](C)[C@@H](O)[C@]1(C)O. The number of ether oxygens (including phenoxy) is 6. The number of aromatic nitrogens is 3. The number of halogens is 2. The largest absolute Gasteiger partial charge is 0.459 e. The highest BCUT2D eigenvalue weighted by molar-refractivity contribution is 6.53. The van der Waals surface area contributed by atoms with Crippen LogP contribution >= 0.6 is 23.2 Å². The Morgan fingerprint density at radius 3 is 2.27 bits per heavy atom. The quantitative estimate of drug-likeness (QED) is 0.0431. The van der Waals surface area contributed by atoms with Gasteiger partial charge in [0.15, 0.2) is 11.1 Å². The van der Waals surface area contributed by atoms with Gasteiger partial charge in [-0.25, -0.2) is 4.68 Å². The molecule has 20 atom stereocenters. The van der Waals surface area contributed by atoms with Crippen LogP contribution in [0, 0.1) is 33.8 Å². The van der Waals surface area contributed by atoms with Crippen molar-refractivity contribution in [3.63, 3.8) is 0 Å². The normalized spacial score (nSPS) is 37.1. The van der Waals surface area contributed by atoms with E-state index in [9.17, 15) is 55.1 Å². The summed E-state index contributed by atoms with van der Waals surface area (Å²) >= 11 is 11.6. The van der Waals surface area contributed by atoms with Crippen molar-refractivity contribution in [1.82, 2.24) is 25.2 Å². The van der Waals surface area contributed by atoms with Crippen LogP contribution in [0.25, 0.3) is 0 Å². The van der Waals surface area contributed by atoms with Crippen LogP contribution in [0.4, 0.5) is 5.69 Å². The van der Waals surface area contributed by atoms with Gasteiger partial charge in [0.2, 0.25) is 0 Å². The number of methoxy groups -OCH3 is 1. The summed E-state index contributed by atoms with van der Waals surface area (Å²) in [7, 11) is 3.34. The van der Waals surface area contributed by atoms with Gasteiger partial charge in [0.05, 0.1) is 83.6 Å². The molecule has 1 amide bonds. The number of hydrogen-bond donors (Lipinski definition) is 7. The third-order valence-corrected chi connectivity index (χ3v) is 16.9. The number of aryl methyl sites for hydroxylation is 1. The molecule has 2 aromatic rings. The van der Waals surface area contributed by atoms with E-state index in [1.54, 1.807) is 40.8 Å². The van der Waals surface area contributed by atoms with Crippen LogP contribution in [0.1, 0.15) is 125 Å². The zero-order chi connectivity index (χ0) is 59.1. The van der Waals surface area contributed by atoms with E-state index in [4.69, 9.17) is 51.6 Å². The van der Waals surface area contributed by atoms with E-state index in [1.165, 1.54) is 56.8 Å². The Bertz CT molecular complexity index is 2320. The lowest BCUT2D eigenvalue weighted by Crippen LogP contribution is -2.61. The number of nitro benzene ring substituents is 1. The minimum absolute atomic E-state index is 0.104. The van der Waals surface area contributed by atoms with Crippen LogP contribution in [-0.2, 0) is 49.2 Å². The molecular formula is C54H86Cl2N6O17. The molecule has 4 heterocycles. The molecule has 7 N–H and O–H groups in total. The zero-order valence-corrected chi connectivity index (χ0v) is 49.0. The van der Waals surface area contributed by atoms with Gasteiger partial charge in [-0.15, -0.1) is 5.10 Å². The van der Waals surface area contributed by atoms with Crippen molar-refractivity contribution in [2.24, 2.45) is 23.7 Å². The highest BCUT2D eigenvalue weighted by Crippen LogP contribution is 2.40. The molecule has 3 aliphatic rings. The fourth-order valence-electron chi connectivity index (χ4n) is 11.8. The van der Waals surface area contributed by atoms with Crippen LogP contribution in [0.5, 0.6) is 0 Å². The standard InChI is InChI=1S/C54H86Cl2N6O17/c1-13-15-40-54(10,71)45(66)30(4)42(64)28(2)23-52(8,70)47(31(5)44(32(6)50(69)78-40)75-27-37-24-53(9,74-12)46(67)33(7)77-37)79-51-43(65)39(22-29(3)76-51)60(11)21-14-16-35-25-61(59-58-35)41(38(26-63)57-49(68)48(55)56)34-17-19-36(20-18-34)62(72)73/h17-20,25,28-33,37-41,43-48,51,63,65-67,70-71H,13-16,21-24,26-27H2,1-12H3,(H,57,68)/t28-,29-,30+,31+,32-,33+,37-,38?,39+,40-,41?,43-,44+,45-,46+,47-,51+,52-,53-,54-/m1/s1. The first-order valence-electron chi connectivity index (χ1n) is 27.3. The van der Waals surface area contributed by atoms with E-state index in [0.717, 1.165) is 0 Å². The Morgan fingerprint density at radius 2 is 1.67 bits per heavy atom. The number of Topliss-reactive ketones (excluding diaryl/α,β-unsaturated/α-hetero) is 1. The average molecular weight is 1160 g/mol. The summed E-state index contributed by atoms with van der Waals surface area (Å²) in [6.45, 7) is 16.2. The predicted octanol–water partition coefficient (Wildman–Crippen LogP) is 3.59. The molecular weight excluding hydrogens is 1080 g/mol. The molecule has 3 aliphatic heterocycles. The molecule has 3 saturated heterocycles. The second kappa shape index (κ2) is 28.2. The Balaban J connectivity index is 1.42. The van der Waals surface area contributed by atoms with Gasteiger partial charge in [0, 0.05) is 55.7 Å². The van der Waals surface area contributed by atoms with Gasteiger partial charge in [-0.3, -0.25) is 24.5 Å². The topological polar surface area (TPSA) is 317 Å². The molecule has 448 valence electrons. The maximum absolute atomic E-state index is 14.5. The summed E-state index contributed by atoms with van der Waals surface area (Å²) in [4.78, 5) is 52.7. The number of rotatable bonds is 20. The number of benzene rings is 1. The van der Waals surface area contributed by atoms with Crippen molar-refractivity contribution in [3.8, 4) is 0 Å². The number of carbonyl (C=O) groups excluding carboxylic acids is 3. The van der Waals surface area contributed by atoms with E-state index in [2.05, 4.69) is 15.6 Å². The summed E-state index contributed by atoms with van der Waals surface area (Å²) in [5.41, 5.74) is -4.12. The molecule has 23 nitrogen and oxygen atoms in total. The number of cyclic esters (lactones) is 1. The number of carbonyl (C=O) groups is 3. The predicted molar refractivity (Wildman–Crippen MR) is 289 cm³/mol. The van der Waals surface area contributed by atoms with Gasteiger partial charge < -0.3 is 69.3 Å². The molecule has 3 fully saturated rings. The second-order valence-corrected chi connectivity index (χ2v) is 24.0. The summed E-state index contributed by atoms with van der Waals surface area (Å²) in [6.07, 6.45) is -7.17. The maximum Gasteiger partial charge on any atom is 0.311 e. The van der Waals surface area contributed by atoms with E-state index >= 15 is 0 Å². The van der Waals surface area contributed by atoms with Crippen LogP contribution < -0.4 is 5.32 Å². The second-order valence-electron chi connectivity index (χ2n) is 22.9. The lowest BCUT2D eigenvalue weighted by Gasteiger charge is -2.48. The van der Waals surface area contributed by atoms with Crippen LogP contribution in [-0.4, -0.2) is 202 Å². The number of nitrogens with zero attached hydrogens (tertiary/aromatic N) is 5. The maximum atomic E-state index is 14.5. The number of aliphatic hydroxyl groups is 6. The van der Waals surface area contributed by atoms with Crippen molar-refractivity contribution in [2.45, 2.75) is 215 Å². The number of aliphatic hydroxyl groups excluding tert-OH is 4. The van der Waals surface area contributed by atoms with Gasteiger partial charge in [-0.05, 0) is 105 Å². The van der Waals surface area contributed by atoms with Crippen LogP contribution in [0.15, 0.2) is 30.5 Å². The summed E-state index contributed by atoms with van der Waals surface area (Å²) in [5.74, 6) is -6.11. The lowest BCUT2D eigenvalue weighted by molar-refractivity contribution is -0.384. The first-order valence-corrected chi connectivity index (χ1v) is 28.2. The van der Waals surface area contributed by atoms with Crippen LogP contribution in [0.3, 0.4) is 0 Å². The minimum atomic E-state index is -2.05. The van der Waals surface area contributed by atoms with E-state index < -0.39 is 154 Å². The van der Waals surface area contributed by atoms with Gasteiger partial charge in [-0.2, -0.15) is 0 Å². The number of nitro groups is 1. The van der Waals surface area contributed by atoms with E-state index in [1.807, 2.05) is 25.8 Å². The molecule has 25 heteroatoms. The molecule has 0 spiro atoms. The van der Waals surface area contributed by atoms with Gasteiger partial charge in [0.1, 0.15) is 35.7 Å². The number of likely N-dealkylation sites (N-methyl/N-ethyl adjacent to an activating group) is 1. The van der Waals surface area contributed by atoms with Gasteiger partial charge >= 0.3 is 5.97 Å². The fourth-order valence-corrected chi connectivity index (χ4v) is 12.0. The summed E-state index contributed by atoms with van der Waals surface area (Å²) in [5, 5.41) is 92.6. The van der Waals surface area contributed by atoms with Crippen molar-refractivity contribution in [2.75, 3.05) is 33.9 Å². The summed E-state index contributed by atoms with van der Waals surface area (Å²) < 4.78 is 39.3. The molecule has 79 heavy (non-hydrogen) atoms. The number of nitrogens with one attached hydrogen (secondary N) is 1. The molecule has 0 aliphatic carbocycles. The molecule has 1 aromatic carbocycles. The van der Waals surface area contributed by atoms with Crippen molar-refractivity contribution < 1.29 is 78.4 Å². The Labute approximate surface area is 473 Å². The number of hydrogen-bond acceptors (Lipinski definition) is 20. The number of esters is 1. The van der Waals surface area contributed by atoms with Gasteiger partial charge in [-0.1, -0.05) is 62.5 Å². The Kier molecular flexibility index (Phi) is 23.6. The van der Waals surface area contributed by atoms with Crippen LogP contribution in [0.2, 0.25) is 0 Å². The molecule has 0 radical (unpaired) electrons. The molecule has 5 rings (SSSR count). The highest BCUT2D eigenvalue weighted by atomic mass is 35.5. The Hall–Kier alpha value is -3.53. The minimum Gasteiger partial charge on any atom is -0.459 e. The third kappa shape index (κ3) is 16.0. The Morgan fingerprint density at radius 1 is 1.01 bits per heavy atom. The van der Waals surface area contributed by atoms with Gasteiger partial charge in [0.25, 0.3) is 11.6 Å². The molecule has 1 aromatic heterocycles. The third-order valence-electron chi connectivity index (χ3n) is 16.5. The smallest absolute Gasteiger partial charge is 0.311 e. The fraction of sp³-hybridized carbons (Fsp3) is 0.796. The number of non-ortho nitro benzene ring substituents is 1. The monoisotopic (exact) mass is 1160 g/mol. The average Bonchev–Trinajstić information content (AvgIpc) is 3.87. The van der Waals surface area contributed by atoms with E-state index in [-0.39, 0.29) is 31.6 Å². The molecule has 0 bridgehead atoms. The van der Waals surface area contributed by atoms with Crippen molar-refractivity contribution in [1.29, 1.82) is 0 Å². The molecule has 2 unspecified atom stereocenters. The molecule has 0 saturated carbocycles. The van der Waals surface area contributed by atoms with Crippen molar-refractivity contribution >= 4 is 46.5 Å². The number of ketones is 1. The lowest BCUT2D eigenvalue weighted by atomic mass is 9.74. The number of amides is 1. The number of alkyl halides is 2. The first kappa shape index (κ1) is 66.3. The van der Waals surface area contributed by atoms with E-state index in [0.29, 0.717) is 43.5 Å². The zero-order valence-electron chi connectivity index (χ0n) is 47.5. The highest BCUT2D eigenvalue weighted by Gasteiger charge is 2.53. The summed E-state index contributed by atoms with van der Waals surface area (Å²) in [6, 6.07) is 3.10. The van der Waals surface area contributed by atoms with Crippen molar-refractivity contribution in [3.05, 3.63) is 51.8 Å². The first-order chi connectivity index (χ1) is 36.9.